The minimum absolute atomic E-state index is 0.00974. The van der Waals surface area contributed by atoms with Crippen molar-refractivity contribution in [1.29, 1.82) is 0 Å². The second-order valence-corrected chi connectivity index (χ2v) is 6.83. The summed E-state index contributed by atoms with van der Waals surface area (Å²) in [6.45, 7) is 1.76. The van der Waals surface area contributed by atoms with Crippen molar-refractivity contribution in [3.63, 3.8) is 0 Å². The molecule has 162 valence electrons. The highest BCUT2D eigenvalue weighted by Gasteiger charge is 2.30. The minimum atomic E-state index is -4.50. The van der Waals surface area contributed by atoms with Crippen LogP contribution in [-0.4, -0.2) is 25.7 Å². The van der Waals surface area contributed by atoms with Crippen LogP contribution >= 0.6 is 0 Å². The van der Waals surface area contributed by atoms with Gasteiger partial charge in [-0.3, -0.25) is 10.1 Å². The molecule has 1 amide bonds. The number of pyridine rings is 1. The number of benzene rings is 2. The molecule has 0 unspecified atom stereocenters. The molecule has 1 N–H and O–H groups in total. The molecule has 6 nitrogen and oxygen atoms in total. The monoisotopic (exact) mass is 441 g/mol. The average molecular weight is 441 g/mol. The summed E-state index contributed by atoms with van der Waals surface area (Å²) in [7, 11) is 0. The van der Waals surface area contributed by atoms with Gasteiger partial charge in [0.2, 0.25) is 17.7 Å². The third-order valence-corrected chi connectivity index (χ3v) is 4.61. The van der Waals surface area contributed by atoms with E-state index in [1.165, 1.54) is 24.3 Å². The van der Waals surface area contributed by atoms with E-state index in [1.807, 2.05) is 0 Å². The second kappa shape index (κ2) is 8.22. The predicted molar refractivity (Wildman–Crippen MR) is 109 cm³/mol. The van der Waals surface area contributed by atoms with E-state index >= 15 is 0 Å². The lowest BCUT2D eigenvalue weighted by atomic mass is 10.1. The van der Waals surface area contributed by atoms with Crippen LogP contribution in [0.4, 0.5) is 23.5 Å². The Morgan fingerprint density at radius 1 is 0.938 bits per heavy atom. The Bertz CT molecular complexity index is 1280. The largest absolute Gasteiger partial charge is 0.416 e. The molecule has 4 rings (SSSR count). The fourth-order valence-corrected chi connectivity index (χ4v) is 3.00. The van der Waals surface area contributed by atoms with Crippen molar-refractivity contribution >= 4 is 11.9 Å². The number of rotatable bonds is 4. The standard InChI is InChI=1S/C22H15F4N5O/c1-13-5-2-3-6-16(13)20(32)29-21-28-19(17-7-4-8-18(23)27-17)30-31(21)15-11-9-14(10-12-15)22(24,25)26/h2-12H,1H3,(H,28,29,30,32). The minimum Gasteiger partial charge on any atom is -0.290 e. The molecule has 10 heteroatoms. The van der Waals surface area contributed by atoms with Gasteiger partial charge in [-0.1, -0.05) is 24.3 Å². The molecular weight excluding hydrogens is 426 g/mol. The van der Waals surface area contributed by atoms with Gasteiger partial charge >= 0.3 is 6.18 Å². The Hall–Kier alpha value is -4.08. The van der Waals surface area contributed by atoms with E-state index < -0.39 is 23.6 Å². The molecule has 2 aromatic carbocycles. The van der Waals surface area contributed by atoms with Crippen molar-refractivity contribution in [1.82, 2.24) is 19.7 Å². The number of hydrogen-bond acceptors (Lipinski definition) is 4. The Balaban J connectivity index is 1.77. The molecule has 0 radical (unpaired) electrons. The van der Waals surface area contributed by atoms with E-state index in [4.69, 9.17) is 0 Å². The summed E-state index contributed by atoms with van der Waals surface area (Å²) in [6, 6.07) is 15.1. The van der Waals surface area contributed by atoms with Gasteiger partial charge in [0, 0.05) is 5.56 Å². The van der Waals surface area contributed by atoms with Gasteiger partial charge < -0.3 is 0 Å². The highest BCUT2D eigenvalue weighted by atomic mass is 19.4. The summed E-state index contributed by atoms with van der Waals surface area (Å²) in [5.41, 5.74) is 0.590. The van der Waals surface area contributed by atoms with Crippen LogP contribution in [0.15, 0.2) is 66.7 Å². The number of nitrogens with zero attached hydrogens (tertiary/aromatic N) is 4. The van der Waals surface area contributed by atoms with Crippen molar-refractivity contribution in [3.8, 4) is 17.2 Å². The topological polar surface area (TPSA) is 72.7 Å². The summed E-state index contributed by atoms with van der Waals surface area (Å²) < 4.78 is 53.5. The second-order valence-electron chi connectivity index (χ2n) is 6.83. The van der Waals surface area contributed by atoms with Crippen LogP contribution in [0, 0.1) is 12.9 Å². The maximum Gasteiger partial charge on any atom is 0.416 e. The normalized spacial score (nSPS) is 11.4. The molecule has 0 bridgehead atoms. The quantitative estimate of drug-likeness (QED) is 0.355. The van der Waals surface area contributed by atoms with Crippen molar-refractivity contribution in [3.05, 3.63) is 89.4 Å². The summed E-state index contributed by atoms with van der Waals surface area (Å²) in [6.07, 6.45) is -4.50. The van der Waals surface area contributed by atoms with Crippen LogP contribution in [0.5, 0.6) is 0 Å². The van der Waals surface area contributed by atoms with E-state index in [0.29, 0.717) is 5.56 Å². The number of alkyl halides is 3. The fourth-order valence-electron chi connectivity index (χ4n) is 3.00. The molecule has 0 aliphatic carbocycles. The number of carbonyl (C=O) groups excluding carboxylic acids is 1. The van der Waals surface area contributed by atoms with Gasteiger partial charge in [0.15, 0.2) is 0 Å². The molecule has 0 atom stereocenters. The van der Waals surface area contributed by atoms with Crippen LogP contribution < -0.4 is 5.32 Å². The van der Waals surface area contributed by atoms with Gasteiger partial charge in [0.1, 0.15) is 5.69 Å². The molecular formula is C22H15F4N5O. The van der Waals surface area contributed by atoms with Crippen LogP contribution in [0.1, 0.15) is 21.5 Å². The van der Waals surface area contributed by atoms with Crippen LogP contribution in [0.2, 0.25) is 0 Å². The fraction of sp³-hybridized carbons (Fsp3) is 0.0909. The van der Waals surface area contributed by atoms with E-state index in [-0.39, 0.29) is 23.2 Å². The highest BCUT2D eigenvalue weighted by Crippen LogP contribution is 2.30. The first-order valence-electron chi connectivity index (χ1n) is 9.37. The first kappa shape index (κ1) is 21.2. The molecule has 0 saturated heterocycles. The van der Waals surface area contributed by atoms with Gasteiger partial charge in [-0.15, -0.1) is 5.10 Å². The first-order valence-corrected chi connectivity index (χ1v) is 9.37. The number of nitrogens with one attached hydrogen (secondary N) is 1. The smallest absolute Gasteiger partial charge is 0.290 e. The SMILES string of the molecule is Cc1ccccc1C(=O)Nc1nc(-c2cccc(F)n2)nn1-c1ccc(C(F)(F)F)cc1. The summed E-state index contributed by atoms with van der Waals surface area (Å²) in [4.78, 5) is 20.7. The molecule has 0 aliphatic heterocycles. The molecule has 32 heavy (non-hydrogen) atoms. The first-order chi connectivity index (χ1) is 15.2. The molecule has 4 aromatic rings. The Labute approximate surface area is 179 Å². The summed E-state index contributed by atoms with van der Waals surface area (Å²) in [5.74, 6) is -1.30. The van der Waals surface area contributed by atoms with Gasteiger partial charge in [-0.2, -0.15) is 27.2 Å². The maximum absolute atomic E-state index is 13.6. The zero-order chi connectivity index (χ0) is 22.9. The number of hydrogen-bond donors (Lipinski definition) is 1. The van der Waals surface area contributed by atoms with E-state index in [9.17, 15) is 22.4 Å². The van der Waals surface area contributed by atoms with E-state index in [2.05, 4.69) is 20.4 Å². The molecule has 0 spiro atoms. The van der Waals surface area contributed by atoms with Gasteiger partial charge in [-0.25, -0.2) is 4.98 Å². The Morgan fingerprint density at radius 3 is 2.31 bits per heavy atom. The number of aryl methyl sites for hydroxylation is 1. The lowest BCUT2D eigenvalue weighted by Crippen LogP contribution is -2.17. The molecule has 0 fully saturated rings. The predicted octanol–water partition coefficient (Wildman–Crippen LogP) is 5.05. The van der Waals surface area contributed by atoms with E-state index in [1.54, 1.807) is 31.2 Å². The number of anilines is 1. The number of halogens is 4. The molecule has 2 aromatic heterocycles. The zero-order valence-corrected chi connectivity index (χ0v) is 16.6. The van der Waals surface area contributed by atoms with Gasteiger partial charge in [0.25, 0.3) is 5.91 Å². The van der Waals surface area contributed by atoms with Crippen molar-refractivity contribution < 1.29 is 22.4 Å². The van der Waals surface area contributed by atoms with Crippen LogP contribution in [-0.2, 0) is 6.18 Å². The third kappa shape index (κ3) is 4.34. The lowest BCUT2D eigenvalue weighted by molar-refractivity contribution is -0.137. The molecule has 2 heterocycles. The maximum atomic E-state index is 13.6. The summed E-state index contributed by atoms with van der Waals surface area (Å²) >= 11 is 0. The van der Waals surface area contributed by atoms with Crippen LogP contribution in [0.25, 0.3) is 17.2 Å². The summed E-state index contributed by atoms with van der Waals surface area (Å²) in [5, 5.41) is 6.86. The highest BCUT2D eigenvalue weighted by molar-refractivity contribution is 6.04. The lowest BCUT2D eigenvalue weighted by Gasteiger charge is -2.10. The van der Waals surface area contributed by atoms with Crippen molar-refractivity contribution in [2.24, 2.45) is 0 Å². The average Bonchev–Trinajstić information content (AvgIpc) is 3.17. The van der Waals surface area contributed by atoms with Gasteiger partial charge in [0.05, 0.1) is 11.3 Å². The Morgan fingerprint density at radius 2 is 1.66 bits per heavy atom. The Kier molecular flexibility index (Phi) is 5.43. The number of amides is 1. The molecule has 0 saturated carbocycles. The van der Waals surface area contributed by atoms with Crippen molar-refractivity contribution in [2.45, 2.75) is 13.1 Å². The number of aromatic nitrogens is 4. The van der Waals surface area contributed by atoms with Crippen LogP contribution in [0.3, 0.4) is 0 Å². The zero-order valence-electron chi connectivity index (χ0n) is 16.6. The van der Waals surface area contributed by atoms with Gasteiger partial charge in [-0.05, 0) is 55.0 Å². The number of carbonyl (C=O) groups is 1. The molecule has 0 aliphatic rings. The third-order valence-electron chi connectivity index (χ3n) is 4.61. The van der Waals surface area contributed by atoms with Crippen molar-refractivity contribution in [2.75, 3.05) is 5.32 Å². The van der Waals surface area contributed by atoms with E-state index in [0.717, 1.165) is 28.4 Å².